The van der Waals surface area contributed by atoms with E-state index in [1.165, 1.54) is 0 Å². The topological polar surface area (TPSA) is 27.5 Å². The summed E-state index contributed by atoms with van der Waals surface area (Å²) in [6, 6.07) is 0. The van der Waals surface area contributed by atoms with Crippen LogP contribution in [0, 0.1) is 5.21 Å². The van der Waals surface area contributed by atoms with Gasteiger partial charge in [-0.15, -0.1) is 0 Å². The molecule has 0 aromatic heterocycles. The van der Waals surface area contributed by atoms with Gasteiger partial charge in [0.15, 0.2) is 0 Å². The lowest BCUT2D eigenvalue weighted by molar-refractivity contribution is -0.759. The zero-order valence-electron chi connectivity index (χ0n) is 5.06. The fourth-order valence-electron chi connectivity index (χ4n) is 0.712. The van der Waals surface area contributed by atoms with Crippen molar-refractivity contribution in [3.63, 3.8) is 0 Å². The molecule has 0 saturated carbocycles. The predicted molar refractivity (Wildman–Crippen MR) is 31.8 cm³/mol. The van der Waals surface area contributed by atoms with Crippen LogP contribution in [0.3, 0.4) is 0 Å². The van der Waals surface area contributed by atoms with Crippen LogP contribution < -0.4 is 5.06 Å². The highest BCUT2D eigenvalue weighted by atomic mass is 16.5. The van der Waals surface area contributed by atoms with Crippen molar-refractivity contribution < 1.29 is 5.06 Å². The highest BCUT2D eigenvalue weighted by molar-refractivity contribution is 5.14. The fraction of sp³-hybridized carbons (Fsp3) is 0.333. The lowest BCUT2D eigenvalue weighted by atomic mass is 10.5. The largest absolute Gasteiger partial charge is 0.624 e. The van der Waals surface area contributed by atoms with Gasteiger partial charge in [0.05, 0.1) is 0 Å². The minimum absolute atomic E-state index is 0.185. The molecule has 2 heteroatoms. The Bertz CT molecular complexity index is 140. The summed E-state index contributed by atoms with van der Waals surface area (Å²) < 4.78 is 0. The van der Waals surface area contributed by atoms with Crippen molar-refractivity contribution in [1.29, 1.82) is 0 Å². The zero-order chi connectivity index (χ0) is 6.15. The molecule has 0 saturated heterocycles. The number of hydroxylamine groups is 2. The maximum atomic E-state index is 10.8. The molecule has 1 heterocycles. The van der Waals surface area contributed by atoms with E-state index in [4.69, 9.17) is 0 Å². The Kier molecular flexibility index (Phi) is 1.19. The Morgan fingerprint density at radius 3 is 1.75 bits per heavy atom. The van der Waals surface area contributed by atoms with Gasteiger partial charge in [-0.05, 0) is 0 Å². The molecule has 0 aromatic rings. The van der Waals surface area contributed by atoms with Crippen molar-refractivity contribution in [1.82, 2.24) is 0 Å². The highest BCUT2D eigenvalue weighted by Crippen LogP contribution is 1.95. The van der Waals surface area contributed by atoms with E-state index in [1.807, 2.05) is 26.0 Å². The number of allylic oxidation sites excluding steroid dienone is 4. The zero-order valence-corrected chi connectivity index (χ0v) is 5.06. The summed E-state index contributed by atoms with van der Waals surface area (Å²) in [6.45, 7) is 3.66. The van der Waals surface area contributed by atoms with Crippen LogP contribution in [0.5, 0.6) is 0 Å². The van der Waals surface area contributed by atoms with Gasteiger partial charge in [0.2, 0.25) is 0 Å². The molecule has 0 bridgehead atoms. The summed E-state index contributed by atoms with van der Waals surface area (Å²) in [4.78, 5) is 0. The van der Waals surface area contributed by atoms with Crippen LogP contribution in [-0.2, 0) is 0 Å². The maximum Gasteiger partial charge on any atom is 0.109 e. The predicted octanol–water partition coefficient (Wildman–Crippen LogP) is 0.190. The molecular formula is C6H9NO. The van der Waals surface area contributed by atoms with Crippen LogP contribution >= 0.6 is 0 Å². The Labute approximate surface area is 48.7 Å². The first-order valence-corrected chi connectivity index (χ1v) is 2.61. The minimum atomic E-state index is 0.185. The minimum Gasteiger partial charge on any atom is -0.624 e. The quantitative estimate of drug-likeness (QED) is 0.444. The van der Waals surface area contributed by atoms with Gasteiger partial charge in [-0.3, -0.25) is 0 Å². The van der Waals surface area contributed by atoms with Crippen molar-refractivity contribution in [3.8, 4) is 0 Å². The molecule has 0 spiro atoms. The van der Waals surface area contributed by atoms with Gasteiger partial charge in [0.25, 0.3) is 0 Å². The highest BCUT2D eigenvalue weighted by Gasteiger charge is 2.07. The summed E-state index contributed by atoms with van der Waals surface area (Å²) in [5.41, 5.74) is 1.70. The second-order valence-electron chi connectivity index (χ2n) is 2.03. The van der Waals surface area contributed by atoms with Gasteiger partial charge in [0.1, 0.15) is 11.4 Å². The molecule has 0 amide bonds. The molecule has 44 valence electrons. The van der Waals surface area contributed by atoms with E-state index in [0.29, 0.717) is 0 Å². The molecule has 0 aromatic carbocycles. The molecule has 0 atom stereocenters. The van der Waals surface area contributed by atoms with Gasteiger partial charge in [-0.2, -0.15) is 0 Å². The van der Waals surface area contributed by atoms with E-state index in [2.05, 4.69) is 0 Å². The maximum absolute atomic E-state index is 10.8. The molecule has 1 rings (SSSR count). The molecule has 2 nitrogen and oxygen atoms in total. The number of rotatable bonds is 0. The normalized spacial score (nSPS) is 20.9. The molecule has 0 unspecified atom stereocenters. The molecule has 8 heavy (non-hydrogen) atoms. The molecule has 1 N–H and O–H groups in total. The van der Waals surface area contributed by atoms with Crippen molar-refractivity contribution in [2.24, 2.45) is 0 Å². The smallest absolute Gasteiger partial charge is 0.109 e. The van der Waals surface area contributed by atoms with Crippen LogP contribution in [0.1, 0.15) is 13.8 Å². The first-order valence-electron chi connectivity index (χ1n) is 2.61. The van der Waals surface area contributed by atoms with Crippen molar-refractivity contribution in [2.45, 2.75) is 13.8 Å². The molecule has 1 aliphatic heterocycles. The van der Waals surface area contributed by atoms with Crippen molar-refractivity contribution in [2.75, 3.05) is 0 Å². The summed E-state index contributed by atoms with van der Waals surface area (Å²) in [5.74, 6) is 0. The number of hydrogen-bond donors (Lipinski definition) is 1. The summed E-state index contributed by atoms with van der Waals surface area (Å²) in [5, 5.41) is 11.0. The van der Waals surface area contributed by atoms with E-state index >= 15 is 0 Å². The van der Waals surface area contributed by atoms with E-state index in [0.717, 1.165) is 11.4 Å². The molecular weight excluding hydrogens is 102 g/mol. The lowest BCUT2D eigenvalue weighted by Gasteiger charge is -2.17. The van der Waals surface area contributed by atoms with Gasteiger partial charge < -0.3 is 10.3 Å². The SMILES string of the molecule is CC1=CC=C(C)[NH+]1[O-]. The molecule has 0 fully saturated rings. The van der Waals surface area contributed by atoms with Crippen LogP contribution in [-0.4, -0.2) is 0 Å². The second kappa shape index (κ2) is 1.73. The average molecular weight is 111 g/mol. The van der Waals surface area contributed by atoms with Gasteiger partial charge in [-0.1, -0.05) is 0 Å². The van der Waals surface area contributed by atoms with Crippen molar-refractivity contribution in [3.05, 3.63) is 28.8 Å². The van der Waals surface area contributed by atoms with Gasteiger partial charge >= 0.3 is 0 Å². The summed E-state index contributed by atoms with van der Waals surface area (Å²) in [6.07, 6.45) is 3.69. The molecule has 0 radical (unpaired) electrons. The van der Waals surface area contributed by atoms with Gasteiger partial charge in [-0.25, -0.2) is 0 Å². The number of hydrogen-bond acceptors (Lipinski definition) is 1. The van der Waals surface area contributed by atoms with Crippen LogP contribution in [0.4, 0.5) is 0 Å². The van der Waals surface area contributed by atoms with Crippen LogP contribution in [0.15, 0.2) is 23.5 Å². The number of nitrogens with one attached hydrogen (secondary N) is 1. The van der Waals surface area contributed by atoms with Crippen molar-refractivity contribution >= 4 is 0 Å². The molecule has 0 aliphatic carbocycles. The molecule has 1 aliphatic rings. The average Bonchev–Trinajstić information content (AvgIpc) is 1.98. The number of quaternary nitrogens is 1. The fourth-order valence-corrected chi connectivity index (χ4v) is 0.712. The second-order valence-corrected chi connectivity index (χ2v) is 2.03. The van der Waals surface area contributed by atoms with Gasteiger partial charge in [0, 0.05) is 26.0 Å². The third-order valence-corrected chi connectivity index (χ3v) is 1.30. The Balaban J connectivity index is 2.75. The van der Waals surface area contributed by atoms with E-state index in [9.17, 15) is 5.21 Å². The first-order chi connectivity index (χ1) is 3.72. The van der Waals surface area contributed by atoms with E-state index in [-0.39, 0.29) is 5.06 Å². The van der Waals surface area contributed by atoms with E-state index in [1.54, 1.807) is 0 Å². The summed E-state index contributed by atoms with van der Waals surface area (Å²) in [7, 11) is 0. The van der Waals surface area contributed by atoms with Crippen LogP contribution in [0.2, 0.25) is 0 Å². The monoisotopic (exact) mass is 111 g/mol. The Morgan fingerprint density at radius 2 is 1.62 bits per heavy atom. The Hall–Kier alpha value is -0.600. The van der Waals surface area contributed by atoms with E-state index < -0.39 is 0 Å². The lowest BCUT2D eigenvalue weighted by Crippen LogP contribution is -3.01. The first kappa shape index (κ1) is 5.54. The van der Waals surface area contributed by atoms with Crippen LogP contribution in [0.25, 0.3) is 0 Å². The standard InChI is InChI=1S/C6H9NO/c1-5-3-4-6(2)7(5)8/h3-4,7H,1-2H3. The third kappa shape index (κ3) is 0.680. The third-order valence-electron chi connectivity index (χ3n) is 1.30. The Morgan fingerprint density at radius 1 is 1.25 bits per heavy atom. The summed E-state index contributed by atoms with van der Waals surface area (Å²) >= 11 is 0.